The molecule has 0 aliphatic heterocycles. The average molecular weight is 262 g/mol. The van der Waals surface area contributed by atoms with E-state index in [0.29, 0.717) is 5.92 Å². The monoisotopic (exact) mass is 262 g/mol. The van der Waals surface area contributed by atoms with Gasteiger partial charge in [0.25, 0.3) is 0 Å². The Kier molecular flexibility index (Phi) is 3.99. The van der Waals surface area contributed by atoms with E-state index in [1.54, 1.807) is 18.4 Å². The van der Waals surface area contributed by atoms with Crippen LogP contribution < -0.4 is 10.5 Å². The van der Waals surface area contributed by atoms with Crippen molar-refractivity contribution in [1.29, 1.82) is 0 Å². The van der Waals surface area contributed by atoms with Gasteiger partial charge in [0.2, 0.25) is 0 Å². The Labute approximate surface area is 112 Å². The molecule has 3 nitrogen and oxygen atoms in total. The van der Waals surface area contributed by atoms with E-state index in [-0.39, 0.29) is 6.04 Å². The Bertz CT molecular complexity index is 522. The molecule has 0 amide bonds. The van der Waals surface area contributed by atoms with Crippen molar-refractivity contribution in [1.82, 2.24) is 4.98 Å². The molecule has 2 rings (SSSR count). The van der Waals surface area contributed by atoms with Gasteiger partial charge in [-0.05, 0) is 12.0 Å². The Morgan fingerprint density at radius 2 is 2.00 bits per heavy atom. The summed E-state index contributed by atoms with van der Waals surface area (Å²) >= 11 is 1.61. The zero-order chi connectivity index (χ0) is 13.1. The third kappa shape index (κ3) is 2.54. The highest BCUT2D eigenvalue weighted by atomic mass is 32.1. The van der Waals surface area contributed by atoms with Crippen molar-refractivity contribution in [2.24, 2.45) is 5.73 Å². The van der Waals surface area contributed by atoms with Crippen molar-refractivity contribution in [3.05, 3.63) is 45.9 Å². The lowest BCUT2D eigenvalue weighted by atomic mass is 10.1. The molecule has 1 aromatic carbocycles. The SMILES string of the molecule is COc1ccccc1C(N)c1nc(C(C)C)cs1. The van der Waals surface area contributed by atoms with Crippen LogP contribution in [0.3, 0.4) is 0 Å². The van der Waals surface area contributed by atoms with Gasteiger partial charge in [-0.2, -0.15) is 0 Å². The number of hydrogen-bond acceptors (Lipinski definition) is 4. The van der Waals surface area contributed by atoms with E-state index in [9.17, 15) is 0 Å². The summed E-state index contributed by atoms with van der Waals surface area (Å²) < 4.78 is 5.34. The van der Waals surface area contributed by atoms with Crippen LogP contribution in [0.2, 0.25) is 0 Å². The highest BCUT2D eigenvalue weighted by molar-refractivity contribution is 7.09. The minimum Gasteiger partial charge on any atom is -0.496 e. The van der Waals surface area contributed by atoms with E-state index in [4.69, 9.17) is 10.5 Å². The molecule has 0 radical (unpaired) electrons. The van der Waals surface area contributed by atoms with Crippen LogP contribution in [0.15, 0.2) is 29.6 Å². The fourth-order valence-corrected chi connectivity index (χ4v) is 2.76. The molecular weight excluding hydrogens is 244 g/mol. The number of ether oxygens (including phenoxy) is 1. The van der Waals surface area contributed by atoms with Crippen LogP contribution >= 0.6 is 11.3 Å². The fourth-order valence-electron chi connectivity index (χ4n) is 1.77. The van der Waals surface area contributed by atoms with Crippen LogP contribution in [0.1, 0.15) is 42.1 Å². The molecule has 0 spiro atoms. The molecular formula is C14H18N2OS. The number of nitrogens with two attached hydrogens (primary N) is 1. The van der Waals surface area contributed by atoms with Gasteiger partial charge in [0.15, 0.2) is 0 Å². The Morgan fingerprint density at radius 1 is 1.28 bits per heavy atom. The van der Waals surface area contributed by atoms with Gasteiger partial charge in [0, 0.05) is 10.9 Å². The maximum Gasteiger partial charge on any atom is 0.124 e. The smallest absolute Gasteiger partial charge is 0.124 e. The minimum absolute atomic E-state index is 0.223. The fraction of sp³-hybridized carbons (Fsp3) is 0.357. The molecule has 18 heavy (non-hydrogen) atoms. The van der Waals surface area contributed by atoms with Gasteiger partial charge in [0.05, 0.1) is 18.8 Å². The van der Waals surface area contributed by atoms with Gasteiger partial charge < -0.3 is 10.5 Å². The maximum absolute atomic E-state index is 6.27. The number of nitrogens with zero attached hydrogens (tertiary/aromatic N) is 1. The Hall–Kier alpha value is -1.39. The Balaban J connectivity index is 2.32. The molecule has 1 heterocycles. The van der Waals surface area contributed by atoms with Gasteiger partial charge in [-0.25, -0.2) is 4.98 Å². The predicted molar refractivity (Wildman–Crippen MR) is 75.2 cm³/mol. The number of rotatable bonds is 4. The largest absolute Gasteiger partial charge is 0.496 e. The molecule has 0 aliphatic carbocycles. The van der Waals surface area contributed by atoms with Crippen LogP contribution in [-0.4, -0.2) is 12.1 Å². The van der Waals surface area contributed by atoms with Gasteiger partial charge in [-0.15, -0.1) is 11.3 Å². The first-order chi connectivity index (χ1) is 8.63. The molecule has 0 saturated carbocycles. The molecule has 0 saturated heterocycles. The van der Waals surface area contributed by atoms with Crippen molar-refractivity contribution in [2.75, 3.05) is 7.11 Å². The standard InChI is InChI=1S/C14H18N2OS/c1-9(2)11-8-18-14(16-11)13(15)10-6-4-5-7-12(10)17-3/h4-9,13H,15H2,1-3H3. The number of hydrogen-bond donors (Lipinski definition) is 1. The van der Waals surface area contributed by atoms with Crippen LogP contribution in [-0.2, 0) is 0 Å². The quantitative estimate of drug-likeness (QED) is 0.919. The highest BCUT2D eigenvalue weighted by Gasteiger charge is 2.17. The first-order valence-corrected chi connectivity index (χ1v) is 6.85. The number of para-hydroxylation sites is 1. The summed E-state index contributed by atoms with van der Waals surface area (Å²) in [6, 6.07) is 7.59. The number of thiazole rings is 1. The van der Waals surface area contributed by atoms with Crippen molar-refractivity contribution < 1.29 is 4.74 Å². The van der Waals surface area contributed by atoms with E-state index in [0.717, 1.165) is 22.0 Å². The topological polar surface area (TPSA) is 48.1 Å². The first-order valence-electron chi connectivity index (χ1n) is 5.97. The van der Waals surface area contributed by atoms with Crippen molar-refractivity contribution in [2.45, 2.75) is 25.8 Å². The van der Waals surface area contributed by atoms with Crippen molar-refractivity contribution in [3.8, 4) is 5.75 Å². The third-order valence-corrected chi connectivity index (χ3v) is 3.82. The van der Waals surface area contributed by atoms with Gasteiger partial charge in [0.1, 0.15) is 10.8 Å². The molecule has 96 valence electrons. The van der Waals surface area contributed by atoms with Crippen molar-refractivity contribution in [3.63, 3.8) is 0 Å². The molecule has 1 unspecified atom stereocenters. The van der Waals surface area contributed by atoms with Crippen LogP contribution in [0.4, 0.5) is 0 Å². The Morgan fingerprint density at radius 3 is 2.61 bits per heavy atom. The number of methoxy groups -OCH3 is 1. The molecule has 0 fully saturated rings. The van der Waals surface area contributed by atoms with Crippen LogP contribution in [0, 0.1) is 0 Å². The summed E-state index contributed by atoms with van der Waals surface area (Å²) in [4.78, 5) is 4.60. The molecule has 2 N–H and O–H groups in total. The van der Waals surface area contributed by atoms with Crippen LogP contribution in [0.5, 0.6) is 5.75 Å². The van der Waals surface area contributed by atoms with Gasteiger partial charge >= 0.3 is 0 Å². The van der Waals surface area contributed by atoms with E-state index in [2.05, 4.69) is 24.2 Å². The second kappa shape index (κ2) is 5.50. The number of aromatic nitrogens is 1. The highest BCUT2D eigenvalue weighted by Crippen LogP contribution is 2.30. The zero-order valence-corrected chi connectivity index (χ0v) is 11.7. The first kappa shape index (κ1) is 13.1. The molecule has 4 heteroatoms. The maximum atomic E-state index is 6.27. The lowest BCUT2D eigenvalue weighted by Crippen LogP contribution is -2.13. The summed E-state index contributed by atoms with van der Waals surface area (Å²) in [5.74, 6) is 1.24. The van der Waals surface area contributed by atoms with Gasteiger partial charge in [-0.3, -0.25) is 0 Å². The van der Waals surface area contributed by atoms with E-state index < -0.39 is 0 Å². The summed E-state index contributed by atoms with van der Waals surface area (Å²) in [5, 5.41) is 3.01. The molecule has 1 aromatic heterocycles. The molecule has 2 aromatic rings. The van der Waals surface area contributed by atoms with E-state index in [1.165, 1.54) is 0 Å². The normalized spacial score (nSPS) is 12.7. The molecule has 1 atom stereocenters. The number of benzene rings is 1. The second-order valence-corrected chi connectivity index (χ2v) is 5.37. The lowest BCUT2D eigenvalue weighted by molar-refractivity contribution is 0.408. The molecule has 0 bridgehead atoms. The van der Waals surface area contributed by atoms with E-state index >= 15 is 0 Å². The summed E-state index contributed by atoms with van der Waals surface area (Å²) in [5.41, 5.74) is 8.35. The molecule has 0 aliphatic rings. The summed E-state index contributed by atoms with van der Waals surface area (Å²) in [6.07, 6.45) is 0. The zero-order valence-electron chi connectivity index (χ0n) is 10.9. The second-order valence-electron chi connectivity index (χ2n) is 4.48. The predicted octanol–water partition coefficient (Wildman–Crippen LogP) is 3.32. The lowest BCUT2D eigenvalue weighted by Gasteiger charge is -2.13. The summed E-state index contributed by atoms with van der Waals surface area (Å²) in [6.45, 7) is 4.26. The van der Waals surface area contributed by atoms with Crippen LogP contribution in [0.25, 0.3) is 0 Å². The third-order valence-electron chi connectivity index (χ3n) is 2.87. The summed E-state index contributed by atoms with van der Waals surface area (Å²) in [7, 11) is 1.66. The van der Waals surface area contributed by atoms with E-state index in [1.807, 2.05) is 24.3 Å². The van der Waals surface area contributed by atoms with Gasteiger partial charge in [-0.1, -0.05) is 32.0 Å². The van der Waals surface area contributed by atoms with Crippen molar-refractivity contribution >= 4 is 11.3 Å². The average Bonchev–Trinajstić information content (AvgIpc) is 2.87. The minimum atomic E-state index is -0.223.